The van der Waals surface area contributed by atoms with Crippen LogP contribution in [0.15, 0.2) is 18.3 Å². The molecule has 0 atom stereocenters. The minimum atomic E-state index is -0.0246. The average molecular weight is 235 g/mol. The Morgan fingerprint density at radius 2 is 2.06 bits per heavy atom. The van der Waals surface area contributed by atoms with Crippen LogP contribution in [0.1, 0.15) is 32.0 Å². The summed E-state index contributed by atoms with van der Waals surface area (Å²) in [5.41, 5.74) is 7.32. The molecule has 0 aliphatic rings. The number of nitrogens with one attached hydrogen (secondary N) is 3. The van der Waals surface area contributed by atoms with Crippen LogP contribution in [0.25, 0.3) is 0 Å². The summed E-state index contributed by atoms with van der Waals surface area (Å²) in [5, 5.41) is 13.2. The molecule has 0 spiro atoms. The molecule has 1 aromatic heterocycles. The first kappa shape index (κ1) is 13.4. The second-order valence-electron chi connectivity index (χ2n) is 5.03. The van der Waals surface area contributed by atoms with Crippen molar-refractivity contribution in [2.24, 2.45) is 5.73 Å². The van der Waals surface area contributed by atoms with Gasteiger partial charge in [-0.2, -0.15) is 0 Å². The Bertz CT molecular complexity index is 363. The molecule has 0 aromatic carbocycles. The molecule has 0 bridgehead atoms. The summed E-state index contributed by atoms with van der Waals surface area (Å²) in [6.07, 6.45) is 1.80. The van der Waals surface area contributed by atoms with Gasteiger partial charge in [-0.05, 0) is 32.4 Å². The Hall–Kier alpha value is -1.62. The van der Waals surface area contributed by atoms with E-state index >= 15 is 0 Å². The zero-order valence-electron chi connectivity index (χ0n) is 10.7. The van der Waals surface area contributed by atoms with Crippen LogP contribution in [-0.2, 0) is 13.1 Å². The van der Waals surface area contributed by atoms with Crippen molar-refractivity contribution in [3.63, 3.8) is 0 Å². The highest BCUT2D eigenvalue weighted by Crippen LogP contribution is 2.03. The third kappa shape index (κ3) is 5.87. The molecule has 0 fully saturated rings. The van der Waals surface area contributed by atoms with Crippen LogP contribution in [0.4, 0.5) is 0 Å². The van der Waals surface area contributed by atoms with Crippen LogP contribution in [0.2, 0.25) is 0 Å². The maximum Gasteiger partial charge on any atom is 0.185 e. The van der Waals surface area contributed by atoms with Crippen molar-refractivity contribution in [1.82, 2.24) is 15.6 Å². The highest BCUT2D eigenvalue weighted by Gasteiger charge is 2.08. The first-order chi connectivity index (χ1) is 7.87. The van der Waals surface area contributed by atoms with E-state index in [1.54, 1.807) is 6.20 Å². The summed E-state index contributed by atoms with van der Waals surface area (Å²) in [4.78, 5) is 4.35. The molecule has 17 heavy (non-hydrogen) atoms. The molecule has 0 saturated heterocycles. The van der Waals surface area contributed by atoms with Crippen molar-refractivity contribution >= 4 is 5.96 Å². The van der Waals surface area contributed by atoms with Crippen LogP contribution in [-0.4, -0.2) is 16.5 Å². The predicted octanol–water partition coefficient (Wildman–Crippen LogP) is 0.953. The van der Waals surface area contributed by atoms with E-state index in [1.165, 1.54) is 0 Å². The topological polar surface area (TPSA) is 86.8 Å². The number of nitrogens with two attached hydrogens (primary N) is 1. The largest absolute Gasteiger partial charge is 0.370 e. The van der Waals surface area contributed by atoms with Crippen molar-refractivity contribution in [3.05, 3.63) is 29.6 Å². The predicted molar refractivity (Wildman–Crippen MR) is 69.6 cm³/mol. The standard InChI is InChI=1S/C12H21N5/c1-12(2,3)17-8-10-5-4-9(6-15-10)7-16-11(13)14/h4-6,17H,7-8H2,1-3H3,(H4,13,14,16). The van der Waals surface area contributed by atoms with Gasteiger partial charge in [0.05, 0.1) is 5.69 Å². The Labute approximate surface area is 102 Å². The van der Waals surface area contributed by atoms with Crippen LogP contribution in [0.3, 0.4) is 0 Å². The monoisotopic (exact) mass is 235 g/mol. The maximum absolute atomic E-state index is 7.06. The summed E-state index contributed by atoms with van der Waals surface area (Å²) < 4.78 is 0. The van der Waals surface area contributed by atoms with Gasteiger partial charge in [-0.25, -0.2) is 0 Å². The molecule has 0 saturated carbocycles. The zero-order valence-corrected chi connectivity index (χ0v) is 10.7. The fourth-order valence-corrected chi connectivity index (χ4v) is 1.22. The van der Waals surface area contributed by atoms with Gasteiger partial charge in [0.2, 0.25) is 0 Å². The molecule has 0 unspecified atom stereocenters. The van der Waals surface area contributed by atoms with E-state index in [4.69, 9.17) is 11.1 Å². The second kappa shape index (κ2) is 5.63. The Morgan fingerprint density at radius 1 is 1.35 bits per heavy atom. The van der Waals surface area contributed by atoms with Crippen LogP contribution in [0.5, 0.6) is 0 Å². The number of guanidine groups is 1. The van der Waals surface area contributed by atoms with Gasteiger partial charge in [0.25, 0.3) is 0 Å². The molecule has 94 valence electrons. The highest BCUT2D eigenvalue weighted by atomic mass is 15.0. The van der Waals surface area contributed by atoms with Gasteiger partial charge < -0.3 is 16.4 Å². The number of aromatic nitrogens is 1. The lowest BCUT2D eigenvalue weighted by atomic mass is 10.1. The van der Waals surface area contributed by atoms with E-state index in [9.17, 15) is 0 Å². The molecule has 0 aliphatic carbocycles. The summed E-state index contributed by atoms with van der Waals surface area (Å²) in [7, 11) is 0. The van der Waals surface area contributed by atoms with E-state index in [2.05, 4.69) is 36.4 Å². The minimum Gasteiger partial charge on any atom is -0.370 e. The van der Waals surface area contributed by atoms with Crippen LogP contribution in [0, 0.1) is 5.41 Å². The van der Waals surface area contributed by atoms with Crippen LogP contribution >= 0.6 is 0 Å². The van der Waals surface area contributed by atoms with E-state index in [0.29, 0.717) is 6.54 Å². The average Bonchev–Trinajstić information content (AvgIpc) is 2.24. The molecule has 5 nitrogen and oxygen atoms in total. The normalized spacial score (nSPS) is 11.2. The smallest absolute Gasteiger partial charge is 0.185 e. The number of rotatable bonds is 4. The molecule has 1 aromatic rings. The fraction of sp³-hybridized carbons (Fsp3) is 0.500. The lowest BCUT2D eigenvalue weighted by Crippen LogP contribution is -2.35. The summed E-state index contributed by atoms with van der Waals surface area (Å²) in [6.45, 7) is 7.66. The molecule has 5 heteroatoms. The molecular weight excluding hydrogens is 214 g/mol. The molecule has 1 heterocycles. The number of nitrogens with zero attached hydrogens (tertiary/aromatic N) is 1. The van der Waals surface area contributed by atoms with Gasteiger partial charge in [0.1, 0.15) is 0 Å². The highest BCUT2D eigenvalue weighted by molar-refractivity contribution is 5.74. The van der Waals surface area contributed by atoms with E-state index in [0.717, 1.165) is 17.8 Å². The fourth-order valence-electron chi connectivity index (χ4n) is 1.22. The van der Waals surface area contributed by atoms with Gasteiger partial charge in [0.15, 0.2) is 5.96 Å². The summed E-state index contributed by atoms with van der Waals surface area (Å²) in [6, 6.07) is 3.97. The Kier molecular flexibility index (Phi) is 4.45. The van der Waals surface area contributed by atoms with E-state index in [1.807, 2.05) is 12.1 Å². The zero-order chi connectivity index (χ0) is 12.9. The third-order valence-electron chi connectivity index (χ3n) is 2.17. The van der Waals surface area contributed by atoms with Gasteiger partial charge in [0, 0.05) is 24.8 Å². The maximum atomic E-state index is 7.06. The van der Waals surface area contributed by atoms with Gasteiger partial charge in [-0.1, -0.05) is 6.07 Å². The van der Waals surface area contributed by atoms with Crippen LogP contribution < -0.4 is 16.4 Å². The number of hydrogen-bond acceptors (Lipinski definition) is 3. The van der Waals surface area contributed by atoms with Crippen molar-refractivity contribution in [2.75, 3.05) is 0 Å². The van der Waals surface area contributed by atoms with Crippen molar-refractivity contribution in [1.29, 1.82) is 5.41 Å². The van der Waals surface area contributed by atoms with Gasteiger partial charge >= 0.3 is 0 Å². The second-order valence-corrected chi connectivity index (χ2v) is 5.03. The summed E-state index contributed by atoms with van der Waals surface area (Å²) >= 11 is 0. The van der Waals surface area contributed by atoms with E-state index < -0.39 is 0 Å². The summed E-state index contributed by atoms with van der Waals surface area (Å²) in [5.74, 6) is -0.0246. The molecule has 5 N–H and O–H groups in total. The van der Waals surface area contributed by atoms with Gasteiger partial charge in [-0.15, -0.1) is 0 Å². The quantitative estimate of drug-likeness (QED) is 0.462. The molecular formula is C12H21N5. The van der Waals surface area contributed by atoms with Crippen molar-refractivity contribution < 1.29 is 0 Å². The molecule has 0 amide bonds. The Balaban J connectivity index is 2.47. The first-order valence-electron chi connectivity index (χ1n) is 5.63. The van der Waals surface area contributed by atoms with Crippen molar-refractivity contribution in [3.8, 4) is 0 Å². The number of pyridine rings is 1. The molecule has 0 radical (unpaired) electrons. The van der Waals surface area contributed by atoms with Gasteiger partial charge in [-0.3, -0.25) is 10.4 Å². The lowest BCUT2D eigenvalue weighted by Gasteiger charge is -2.20. The first-order valence-corrected chi connectivity index (χ1v) is 5.63. The number of hydrogen-bond donors (Lipinski definition) is 4. The Morgan fingerprint density at radius 3 is 2.53 bits per heavy atom. The minimum absolute atomic E-state index is 0.0246. The SMILES string of the molecule is CC(C)(C)NCc1ccc(CNC(=N)N)cn1. The molecule has 0 aliphatic heterocycles. The third-order valence-corrected chi connectivity index (χ3v) is 2.17. The van der Waals surface area contributed by atoms with Crippen molar-refractivity contribution in [2.45, 2.75) is 39.4 Å². The van der Waals surface area contributed by atoms with E-state index in [-0.39, 0.29) is 11.5 Å². The lowest BCUT2D eigenvalue weighted by molar-refractivity contribution is 0.421. The molecule has 1 rings (SSSR count).